The summed E-state index contributed by atoms with van der Waals surface area (Å²) in [7, 11) is 0. The van der Waals surface area contributed by atoms with Crippen molar-refractivity contribution in [1.82, 2.24) is 10.2 Å². The van der Waals surface area contributed by atoms with Crippen molar-refractivity contribution >= 4 is 11.6 Å². The zero-order chi connectivity index (χ0) is 13.2. The van der Waals surface area contributed by atoms with E-state index >= 15 is 0 Å². The molecule has 1 aromatic rings. The highest BCUT2D eigenvalue weighted by atomic mass is 35.5. The third-order valence-corrected chi connectivity index (χ3v) is 3.88. The largest absolute Gasteiger partial charge is 0.314 e. The van der Waals surface area contributed by atoms with E-state index < -0.39 is 0 Å². The molecule has 0 spiro atoms. The van der Waals surface area contributed by atoms with Crippen molar-refractivity contribution in [2.24, 2.45) is 0 Å². The fourth-order valence-electron chi connectivity index (χ4n) is 2.53. The van der Waals surface area contributed by atoms with Gasteiger partial charge in [0.25, 0.3) is 0 Å². The van der Waals surface area contributed by atoms with E-state index in [0.717, 1.165) is 38.2 Å². The van der Waals surface area contributed by atoms with Gasteiger partial charge in [-0.3, -0.25) is 4.90 Å². The van der Waals surface area contributed by atoms with Gasteiger partial charge >= 0.3 is 0 Å². The predicted octanol–water partition coefficient (Wildman–Crippen LogP) is 2.71. The second-order valence-corrected chi connectivity index (χ2v) is 5.88. The molecule has 1 saturated heterocycles. The number of benzene rings is 1. The van der Waals surface area contributed by atoms with Gasteiger partial charge in [0.15, 0.2) is 0 Å². The number of hydrogen-bond donors (Lipinski definition) is 1. The van der Waals surface area contributed by atoms with E-state index in [1.165, 1.54) is 6.07 Å². The lowest BCUT2D eigenvalue weighted by Crippen LogP contribution is -2.54. The Morgan fingerprint density at radius 1 is 1.33 bits per heavy atom. The van der Waals surface area contributed by atoms with Gasteiger partial charge in [-0.05, 0) is 38.0 Å². The number of hydrogen-bond acceptors (Lipinski definition) is 2. The van der Waals surface area contributed by atoms with Crippen molar-refractivity contribution in [3.63, 3.8) is 0 Å². The Bertz CT molecular complexity index is 414. The molecule has 1 fully saturated rings. The maximum atomic E-state index is 13.1. The molecule has 0 amide bonds. The van der Waals surface area contributed by atoms with Crippen LogP contribution < -0.4 is 5.32 Å². The van der Waals surface area contributed by atoms with E-state index in [2.05, 4.69) is 24.1 Å². The summed E-state index contributed by atoms with van der Waals surface area (Å²) < 4.78 is 13.1. The van der Waals surface area contributed by atoms with Crippen molar-refractivity contribution in [1.29, 1.82) is 0 Å². The number of nitrogens with zero attached hydrogens (tertiary/aromatic N) is 1. The van der Waals surface area contributed by atoms with Crippen LogP contribution in [0.3, 0.4) is 0 Å². The van der Waals surface area contributed by atoms with Crippen LogP contribution in [0.2, 0.25) is 5.02 Å². The molecule has 1 aliphatic rings. The normalized spacial score (nSPS) is 18.0. The molecule has 0 aliphatic carbocycles. The molecule has 1 aromatic carbocycles. The van der Waals surface area contributed by atoms with Crippen LogP contribution in [-0.2, 0) is 6.42 Å². The molecule has 0 bridgehead atoms. The maximum Gasteiger partial charge on any atom is 0.141 e. The highest BCUT2D eigenvalue weighted by Gasteiger charge is 2.28. The summed E-state index contributed by atoms with van der Waals surface area (Å²) in [6, 6.07) is 5.01. The first-order chi connectivity index (χ1) is 8.49. The van der Waals surface area contributed by atoms with Crippen molar-refractivity contribution in [3.05, 3.63) is 34.6 Å². The van der Waals surface area contributed by atoms with Gasteiger partial charge in [0.2, 0.25) is 0 Å². The molecule has 4 heteroatoms. The van der Waals surface area contributed by atoms with Gasteiger partial charge in [-0.15, -0.1) is 0 Å². The third-order valence-electron chi connectivity index (χ3n) is 3.59. The van der Waals surface area contributed by atoms with Gasteiger partial charge in [-0.25, -0.2) is 4.39 Å². The molecule has 0 atom stereocenters. The number of piperazine rings is 1. The Hall–Kier alpha value is -0.640. The standard InChI is InChI=1S/C14H20ClFN2/c1-14(2,18-7-5-17-6-8-18)10-11-3-4-13(16)12(15)9-11/h3-4,9,17H,5-8,10H2,1-2H3. The number of rotatable bonds is 3. The van der Waals surface area contributed by atoms with Crippen LogP contribution in [0.1, 0.15) is 19.4 Å². The molecule has 0 aromatic heterocycles. The van der Waals surface area contributed by atoms with Crippen LogP contribution in [0, 0.1) is 5.82 Å². The van der Waals surface area contributed by atoms with Crippen molar-refractivity contribution in [2.75, 3.05) is 26.2 Å². The summed E-state index contributed by atoms with van der Waals surface area (Å²) in [5, 5.41) is 3.57. The molecule has 2 nitrogen and oxygen atoms in total. The molecule has 1 aliphatic heterocycles. The van der Waals surface area contributed by atoms with E-state index in [1.807, 2.05) is 6.07 Å². The minimum atomic E-state index is -0.347. The van der Waals surface area contributed by atoms with Crippen LogP contribution in [-0.4, -0.2) is 36.6 Å². The van der Waals surface area contributed by atoms with Crippen LogP contribution in [0.4, 0.5) is 4.39 Å². The number of nitrogens with one attached hydrogen (secondary N) is 1. The highest BCUT2D eigenvalue weighted by Crippen LogP contribution is 2.23. The Morgan fingerprint density at radius 2 is 2.00 bits per heavy atom. The van der Waals surface area contributed by atoms with Crippen LogP contribution in [0.15, 0.2) is 18.2 Å². The SMILES string of the molecule is CC(C)(Cc1ccc(F)c(Cl)c1)N1CCNCC1. The molecule has 18 heavy (non-hydrogen) atoms. The molecular formula is C14H20ClFN2. The second-order valence-electron chi connectivity index (χ2n) is 5.47. The third kappa shape index (κ3) is 3.22. The molecule has 100 valence electrons. The fraction of sp³-hybridized carbons (Fsp3) is 0.571. The molecule has 0 radical (unpaired) electrons. The van der Waals surface area contributed by atoms with Gasteiger partial charge in [-0.2, -0.15) is 0 Å². The summed E-state index contributed by atoms with van der Waals surface area (Å²) in [5.41, 5.74) is 1.16. The minimum absolute atomic E-state index is 0.0727. The van der Waals surface area contributed by atoms with Crippen molar-refractivity contribution in [3.8, 4) is 0 Å². The van der Waals surface area contributed by atoms with Crippen LogP contribution in [0.25, 0.3) is 0 Å². The van der Waals surface area contributed by atoms with Crippen LogP contribution >= 0.6 is 11.6 Å². The lowest BCUT2D eigenvalue weighted by Gasteiger charge is -2.41. The molecule has 0 unspecified atom stereocenters. The topological polar surface area (TPSA) is 15.3 Å². The Morgan fingerprint density at radius 3 is 2.61 bits per heavy atom. The van der Waals surface area contributed by atoms with Crippen LogP contribution in [0.5, 0.6) is 0 Å². The van der Waals surface area contributed by atoms with Crippen molar-refractivity contribution in [2.45, 2.75) is 25.8 Å². The number of halogens is 2. The predicted molar refractivity (Wildman–Crippen MR) is 73.6 cm³/mol. The maximum absolute atomic E-state index is 13.1. The molecule has 0 saturated carbocycles. The minimum Gasteiger partial charge on any atom is -0.314 e. The van der Waals surface area contributed by atoms with E-state index in [-0.39, 0.29) is 16.4 Å². The molecule has 1 N–H and O–H groups in total. The van der Waals surface area contributed by atoms with Gasteiger partial charge in [0.1, 0.15) is 5.82 Å². The summed E-state index contributed by atoms with van der Waals surface area (Å²) in [6.45, 7) is 8.65. The van der Waals surface area contributed by atoms with E-state index in [4.69, 9.17) is 11.6 Å². The summed E-state index contributed by atoms with van der Waals surface area (Å²) >= 11 is 5.83. The monoisotopic (exact) mass is 270 g/mol. The van der Waals surface area contributed by atoms with E-state index in [1.54, 1.807) is 6.07 Å². The lowest BCUT2D eigenvalue weighted by atomic mass is 9.92. The Labute approximate surface area is 113 Å². The molecule has 1 heterocycles. The van der Waals surface area contributed by atoms with E-state index in [9.17, 15) is 4.39 Å². The fourth-order valence-corrected chi connectivity index (χ4v) is 2.73. The molecule has 2 rings (SSSR count). The summed E-state index contributed by atoms with van der Waals surface area (Å²) in [6.07, 6.45) is 0.882. The second kappa shape index (κ2) is 5.55. The Balaban J connectivity index is 2.08. The lowest BCUT2D eigenvalue weighted by molar-refractivity contribution is 0.103. The summed E-state index contributed by atoms with van der Waals surface area (Å²) in [5.74, 6) is -0.347. The first-order valence-corrected chi connectivity index (χ1v) is 6.76. The van der Waals surface area contributed by atoms with Gasteiger partial charge in [-0.1, -0.05) is 17.7 Å². The first kappa shape index (κ1) is 13.8. The van der Waals surface area contributed by atoms with Gasteiger partial charge < -0.3 is 5.32 Å². The van der Waals surface area contributed by atoms with E-state index in [0.29, 0.717) is 0 Å². The van der Waals surface area contributed by atoms with Gasteiger partial charge in [0, 0.05) is 31.7 Å². The highest BCUT2D eigenvalue weighted by molar-refractivity contribution is 6.30. The summed E-state index contributed by atoms with van der Waals surface area (Å²) in [4.78, 5) is 2.47. The molecular weight excluding hydrogens is 251 g/mol. The average Bonchev–Trinajstić information content (AvgIpc) is 2.35. The Kier molecular flexibility index (Phi) is 4.25. The quantitative estimate of drug-likeness (QED) is 0.909. The smallest absolute Gasteiger partial charge is 0.141 e. The van der Waals surface area contributed by atoms with Gasteiger partial charge in [0.05, 0.1) is 5.02 Å². The average molecular weight is 271 g/mol. The van der Waals surface area contributed by atoms with Crippen molar-refractivity contribution < 1.29 is 4.39 Å². The zero-order valence-corrected chi connectivity index (χ0v) is 11.7. The zero-order valence-electron chi connectivity index (χ0n) is 11.0. The first-order valence-electron chi connectivity index (χ1n) is 6.39.